The highest BCUT2D eigenvalue weighted by molar-refractivity contribution is 5.94. The molecule has 3 aromatic heterocycles. The summed E-state index contributed by atoms with van der Waals surface area (Å²) < 4.78 is 0. The summed E-state index contributed by atoms with van der Waals surface area (Å²) in [7, 11) is 0. The van der Waals surface area contributed by atoms with Crippen molar-refractivity contribution in [2.24, 2.45) is 0 Å². The Kier molecular flexibility index (Phi) is 5.00. The Bertz CT molecular complexity index is 885. The molecule has 0 radical (unpaired) electrons. The predicted octanol–water partition coefficient (Wildman–Crippen LogP) is 2.29. The summed E-state index contributed by atoms with van der Waals surface area (Å²) in [6.07, 6.45) is 9.48. The number of anilines is 1. The van der Waals surface area contributed by atoms with E-state index in [1.807, 2.05) is 29.2 Å². The van der Waals surface area contributed by atoms with Gasteiger partial charge in [-0.2, -0.15) is 0 Å². The Morgan fingerprint density at radius 3 is 2.41 bits per heavy atom. The number of hydrogen-bond acceptors (Lipinski definition) is 6. The summed E-state index contributed by atoms with van der Waals surface area (Å²) in [6.45, 7) is 2.92. The highest BCUT2D eigenvalue weighted by Crippen LogP contribution is 2.17. The van der Waals surface area contributed by atoms with Gasteiger partial charge in [0.15, 0.2) is 0 Å². The third-order valence-corrected chi connectivity index (χ3v) is 4.60. The second kappa shape index (κ2) is 7.90. The minimum Gasteiger partial charge on any atom is -0.339 e. The second-order valence-corrected chi connectivity index (χ2v) is 6.35. The maximum absolute atomic E-state index is 12.9. The van der Waals surface area contributed by atoms with Gasteiger partial charge in [-0.15, -0.1) is 0 Å². The number of nitrogens with zero attached hydrogens (tertiary/aromatic N) is 6. The molecule has 0 atom stereocenters. The van der Waals surface area contributed by atoms with Crippen LogP contribution in [0.2, 0.25) is 0 Å². The highest BCUT2D eigenvalue weighted by atomic mass is 16.2. The minimum atomic E-state index is 0.0135. The first-order chi connectivity index (χ1) is 13.3. The molecule has 4 heterocycles. The van der Waals surface area contributed by atoms with Gasteiger partial charge in [0.2, 0.25) is 5.95 Å². The van der Waals surface area contributed by atoms with E-state index in [2.05, 4.69) is 24.8 Å². The second-order valence-electron chi connectivity index (χ2n) is 6.35. The fraction of sp³-hybridized carbons (Fsp3) is 0.250. The maximum atomic E-state index is 12.9. The third-order valence-electron chi connectivity index (χ3n) is 4.60. The lowest BCUT2D eigenvalue weighted by Crippen LogP contribution is -2.35. The molecule has 0 aliphatic carbocycles. The summed E-state index contributed by atoms with van der Waals surface area (Å²) >= 11 is 0. The van der Waals surface area contributed by atoms with Crippen LogP contribution in [0.3, 0.4) is 0 Å². The van der Waals surface area contributed by atoms with Crippen molar-refractivity contribution in [3.8, 4) is 11.3 Å². The molecule has 0 bridgehead atoms. The van der Waals surface area contributed by atoms with Crippen molar-refractivity contribution in [1.29, 1.82) is 0 Å². The quantitative estimate of drug-likeness (QED) is 0.713. The number of amides is 1. The fourth-order valence-electron chi connectivity index (χ4n) is 3.17. The Morgan fingerprint density at radius 2 is 1.67 bits per heavy atom. The zero-order valence-corrected chi connectivity index (χ0v) is 14.9. The molecule has 1 saturated heterocycles. The summed E-state index contributed by atoms with van der Waals surface area (Å²) in [5, 5.41) is 0. The van der Waals surface area contributed by atoms with Crippen LogP contribution in [0, 0.1) is 0 Å². The highest BCUT2D eigenvalue weighted by Gasteiger charge is 2.21. The standard InChI is InChI=1S/C20H20N6O/c27-19(17-3-4-18(24-15-17)16-5-9-21-10-6-16)25-11-2-12-26(14-13-25)20-22-7-1-8-23-20/h1,3-10,15H,2,11-14H2. The molecule has 0 aromatic carbocycles. The molecule has 27 heavy (non-hydrogen) atoms. The molecular weight excluding hydrogens is 340 g/mol. The monoisotopic (exact) mass is 360 g/mol. The van der Waals surface area contributed by atoms with Crippen LogP contribution in [0.15, 0.2) is 61.3 Å². The molecular formula is C20H20N6O. The van der Waals surface area contributed by atoms with Crippen molar-refractivity contribution >= 4 is 11.9 Å². The maximum Gasteiger partial charge on any atom is 0.255 e. The first-order valence-corrected chi connectivity index (χ1v) is 8.99. The van der Waals surface area contributed by atoms with Crippen molar-refractivity contribution < 1.29 is 4.79 Å². The topological polar surface area (TPSA) is 75.1 Å². The molecule has 1 aliphatic heterocycles. The molecule has 1 aliphatic rings. The Hall–Kier alpha value is -3.35. The molecule has 0 saturated carbocycles. The van der Waals surface area contributed by atoms with Crippen molar-refractivity contribution in [3.63, 3.8) is 0 Å². The van der Waals surface area contributed by atoms with Crippen LogP contribution in [-0.4, -0.2) is 56.9 Å². The SMILES string of the molecule is O=C(c1ccc(-c2ccncc2)nc1)N1CCCN(c2ncccn2)CC1. The van der Waals surface area contributed by atoms with Gasteiger partial charge in [-0.25, -0.2) is 9.97 Å². The Morgan fingerprint density at radius 1 is 0.852 bits per heavy atom. The molecule has 0 spiro atoms. The van der Waals surface area contributed by atoms with Crippen LogP contribution in [-0.2, 0) is 0 Å². The van der Waals surface area contributed by atoms with Crippen molar-refractivity contribution in [2.45, 2.75) is 6.42 Å². The van der Waals surface area contributed by atoms with E-state index in [9.17, 15) is 4.79 Å². The summed E-state index contributed by atoms with van der Waals surface area (Å²) in [5.74, 6) is 0.731. The van der Waals surface area contributed by atoms with Crippen LogP contribution in [0.4, 0.5) is 5.95 Å². The van der Waals surface area contributed by atoms with Crippen LogP contribution < -0.4 is 4.90 Å². The number of hydrogen-bond donors (Lipinski definition) is 0. The van der Waals surface area contributed by atoms with Gasteiger partial charge in [-0.3, -0.25) is 14.8 Å². The number of pyridine rings is 2. The van der Waals surface area contributed by atoms with Crippen LogP contribution in [0.1, 0.15) is 16.8 Å². The number of aromatic nitrogens is 4. The Balaban J connectivity index is 1.43. The van der Waals surface area contributed by atoms with Crippen LogP contribution in [0.25, 0.3) is 11.3 Å². The molecule has 0 N–H and O–H groups in total. The summed E-state index contributed by atoms with van der Waals surface area (Å²) in [6, 6.07) is 9.33. The van der Waals surface area contributed by atoms with E-state index in [0.29, 0.717) is 18.7 Å². The minimum absolute atomic E-state index is 0.0135. The average molecular weight is 360 g/mol. The molecule has 3 aromatic rings. The van der Waals surface area contributed by atoms with Gasteiger partial charge in [0.05, 0.1) is 11.3 Å². The van der Waals surface area contributed by atoms with E-state index in [1.54, 1.807) is 37.1 Å². The van der Waals surface area contributed by atoms with E-state index in [1.165, 1.54) is 0 Å². The smallest absolute Gasteiger partial charge is 0.255 e. The molecule has 0 unspecified atom stereocenters. The first-order valence-electron chi connectivity index (χ1n) is 8.99. The van der Waals surface area contributed by atoms with E-state index in [-0.39, 0.29) is 5.91 Å². The first kappa shape index (κ1) is 17.1. The zero-order chi connectivity index (χ0) is 18.5. The fourth-order valence-corrected chi connectivity index (χ4v) is 3.17. The van der Waals surface area contributed by atoms with Crippen LogP contribution in [0.5, 0.6) is 0 Å². The molecule has 7 nitrogen and oxygen atoms in total. The van der Waals surface area contributed by atoms with E-state index in [4.69, 9.17) is 0 Å². The van der Waals surface area contributed by atoms with Crippen molar-refractivity contribution in [3.05, 3.63) is 66.9 Å². The molecule has 1 amide bonds. The van der Waals surface area contributed by atoms with Crippen molar-refractivity contribution in [2.75, 3.05) is 31.1 Å². The third kappa shape index (κ3) is 3.92. The van der Waals surface area contributed by atoms with Gasteiger partial charge in [-0.05, 0) is 36.8 Å². The molecule has 136 valence electrons. The van der Waals surface area contributed by atoms with Gasteiger partial charge < -0.3 is 9.80 Å². The van der Waals surface area contributed by atoms with Gasteiger partial charge in [0.1, 0.15) is 0 Å². The lowest BCUT2D eigenvalue weighted by molar-refractivity contribution is 0.0766. The largest absolute Gasteiger partial charge is 0.339 e. The molecule has 7 heteroatoms. The number of rotatable bonds is 3. The van der Waals surface area contributed by atoms with Gasteiger partial charge in [0.25, 0.3) is 5.91 Å². The predicted molar refractivity (Wildman–Crippen MR) is 102 cm³/mol. The summed E-state index contributed by atoms with van der Waals surface area (Å²) in [4.78, 5) is 33.9. The number of carbonyl (C=O) groups is 1. The van der Waals surface area contributed by atoms with Gasteiger partial charge in [0, 0.05) is 62.7 Å². The van der Waals surface area contributed by atoms with E-state index < -0.39 is 0 Å². The average Bonchev–Trinajstić information content (AvgIpc) is 3.01. The lowest BCUT2D eigenvalue weighted by Gasteiger charge is -2.22. The van der Waals surface area contributed by atoms with Crippen molar-refractivity contribution in [1.82, 2.24) is 24.8 Å². The summed E-state index contributed by atoms with van der Waals surface area (Å²) in [5.41, 5.74) is 2.42. The zero-order valence-electron chi connectivity index (χ0n) is 14.9. The molecule has 4 rings (SSSR count). The Labute approximate surface area is 157 Å². The van der Waals surface area contributed by atoms with Gasteiger partial charge in [-0.1, -0.05) is 0 Å². The van der Waals surface area contributed by atoms with E-state index >= 15 is 0 Å². The normalized spacial score (nSPS) is 14.7. The van der Waals surface area contributed by atoms with Gasteiger partial charge >= 0.3 is 0 Å². The molecule has 1 fully saturated rings. The van der Waals surface area contributed by atoms with Crippen LogP contribution >= 0.6 is 0 Å². The van der Waals surface area contributed by atoms with E-state index in [0.717, 1.165) is 36.7 Å². The lowest BCUT2D eigenvalue weighted by atomic mass is 10.1. The number of carbonyl (C=O) groups excluding carboxylic acids is 1.